The van der Waals surface area contributed by atoms with Gasteiger partial charge in [-0.1, -0.05) is 6.92 Å². The first-order valence-corrected chi connectivity index (χ1v) is 7.15. The molecule has 0 aromatic carbocycles. The van der Waals surface area contributed by atoms with E-state index in [9.17, 15) is 4.79 Å². The van der Waals surface area contributed by atoms with E-state index >= 15 is 0 Å². The number of hydrogen-bond donors (Lipinski definition) is 1. The molecular formula is C14H24N4O2. The zero-order chi connectivity index (χ0) is 14.6. The van der Waals surface area contributed by atoms with Gasteiger partial charge in [0.05, 0.1) is 13.7 Å². The number of esters is 1. The van der Waals surface area contributed by atoms with Crippen molar-refractivity contribution in [3.05, 3.63) is 18.2 Å². The Kier molecular flexibility index (Phi) is 4.77. The molecule has 0 bridgehead atoms. The normalized spacial score (nSPS) is 18.4. The van der Waals surface area contributed by atoms with Crippen molar-refractivity contribution in [2.45, 2.75) is 38.9 Å². The summed E-state index contributed by atoms with van der Waals surface area (Å²) in [5, 5.41) is 3.32. The molecule has 1 aromatic rings. The fourth-order valence-electron chi connectivity index (χ4n) is 2.62. The Labute approximate surface area is 120 Å². The summed E-state index contributed by atoms with van der Waals surface area (Å²) in [6.07, 6.45) is 4.81. The van der Waals surface area contributed by atoms with E-state index < -0.39 is 5.54 Å². The van der Waals surface area contributed by atoms with Crippen LogP contribution in [0.4, 0.5) is 0 Å². The predicted octanol–water partition coefficient (Wildman–Crippen LogP) is 0.630. The van der Waals surface area contributed by atoms with Gasteiger partial charge in [0, 0.05) is 32.0 Å². The minimum atomic E-state index is -0.667. The number of carbonyl (C=O) groups is 1. The summed E-state index contributed by atoms with van der Waals surface area (Å²) in [5.74, 6) is 0.846. The molecule has 1 aliphatic rings. The third-order valence-electron chi connectivity index (χ3n) is 3.76. The molecule has 6 heteroatoms. The molecule has 0 spiro atoms. The number of ether oxygens (including phenoxy) is 1. The molecule has 0 radical (unpaired) electrons. The number of carbonyl (C=O) groups excluding carboxylic acids is 1. The molecule has 6 nitrogen and oxygen atoms in total. The maximum atomic E-state index is 12.1. The summed E-state index contributed by atoms with van der Waals surface area (Å²) in [6, 6.07) is 0. The highest BCUT2D eigenvalue weighted by Crippen LogP contribution is 2.15. The highest BCUT2D eigenvalue weighted by molar-refractivity contribution is 5.80. The van der Waals surface area contributed by atoms with Crippen molar-refractivity contribution in [2.24, 2.45) is 0 Å². The van der Waals surface area contributed by atoms with Crippen LogP contribution in [0.3, 0.4) is 0 Å². The SMILES string of the molecule is CCCNC(C)(CN1CCn2ccnc2C1)C(=O)OC. The van der Waals surface area contributed by atoms with Crippen LogP contribution in [0.15, 0.2) is 12.4 Å². The van der Waals surface area contributed by atoms with Gasteiger partial charge in [-0.05, 0) is 19.9 Å². The topological polar surface area (TPSA) is 59.4 Å². The molecule has 0 amide bonds. The molecule has 112 valence electrons. The molecule has 0 saturated heterocycles. The lowest BCUT2D eigenvalue weighted by molar-refractivity contribution is -0.149. The van der Waals surface area contributed by atoms with Crippen molar-refractivity contribution in [3.8, 4) is 0 Å². The largest absolute Gasteiger partial charge is 0.468 e. The van der Waals surface area contributed by atoms with Gasteiger partial charge < -0.3 is 14.6 Å². The Morgan fingerprint density at radius 1 is 1.55 bits per heavy atom. The van der Waals surface area contributed by atoms with Crippen molar-refractivity contribution >= 4 is 5.97 Å². The number of hydrogen-bond acceptors (Lipinski definition) is 5. The highest BCUT2D eigenvalue weighted by Gasteiger charge is 2.36. The Balaban J connectivity index is 2.03. The number of methoxy groups -OCH3 is 1. The molecule has 2 heterocycles. The van der Waals surface area contributed by atoms with E-state index in [0.717, 1.165) is 38.4 Å². The maximum Gasteiger partial charge on any atom is 0.327 e. The zero-order valence-corrected chi connectivity index (χ0v) is 12.6. The lowest BCUT2D eigenvalue weighted by Crippen LogP contribution is -2.58. The van der Waals surface area contributed by atoms with Crippen LogP contribution in [-0.2, 0) is 22.6 Å². The second kappa shape index (κ2) is 6.37. The Bertz CT molecular complexity index is 460. The Hall–Kier alpha value is -1.40. The van der Waals surface area contributed by atoms with E-state index in [1.165, 1.54) is 7.11 Å². The number of imidazole rings is 1. The summed E-state index contributed by atoms with van der Waals surface area (Å²) in [4.78, 5) is 18.7. The molecule has 0 fully saturated rings. The van der Waals surface area contributed by atoms with Crippen LogP contribution in [0.5, 0.6) is 0 Å². The van der Waals surface area contributed by atoms with Crippen LogP contribution < -0.4 is 5.32 Å². The van der Waals surface area contributed by atoms with Crippen molar-refractivity contribution in [2.75, 3.05) is 26.7 Å². The first-order valence-electron chi connectivity index (χ1n) is 7.15. The van der Waals surface area contributed by atoms with Gasteiger partial charge in [0.1, 0.15) is 11.4 Å². The van der Waals surface area contributed by atoms with Crippen LogP contribution in [0, 0.1) is 0 Å². The van der Waals surface area contributed by atoms with E-state index in [-0.39, 0.29) is 5.97 Å². The van der Waals surface area contributed by atoms with Crippen LogP contribution in [0.1, 0.15) is 26.1 Å². The third kappa shape index (κ3) is 3.19. The van der Waals surface area contributed by atoms with Crippen molar-refractivity contribution in [1.29, 1.82) is 0 Å². The van der Waals surface area contributed by atoms with Gasteiger partial charge in [-0.2, -0.15) is 0 Å². The summed E-state index contributed by atoms with van der Waals surface area (Å²) in [5.41, 5.74) is -0.667. The second-order valence-corrected chi connectivity index (χ2v) is 5.50. The average Bonchev–Trinajstić information content (AvgIpc) is 2.91. The minimum Gasteiger partial charge on any atom is -0.468 e. The lowest BCUT2D eigenvalue weighted by atomic mass is 10.0. The van der Waals surface area contributed by atoms with E-state index in [4.69, 9.17) is 4.74 Å². The van der Waals surface area contributed by atoms with Crippen molar-refractivity contribution in [1.82, 2.24) is 19.8 Å². The Morgan fingerprint density at radius 3 is 3.05 bits per heavy atom. The first-order chi connectivity index (χ1) is 9.59. The molecule has 1 unspecified atom stereocenters. The number of nitrogens with one attached hydrogen (secondary N) is 1. The lowest BCUT2D eigenvalue weighted by Gasteiger charge is -2.36. The number of aromatic nitrogens is 2. The zero-order valence-electron chi connectivity index (χ0n) is 12.6. The molecule has 1 aliphatic heterocycles. The smallest absolute Gasteiger partial charge is 0.327 e. The van der Waals surface area contributed by atoms with E-state index in [1.807, 2.05) is 19.3 Å². The number of fused-ring (bicyclic) bond motifs is 1. The predicted molar refractivity (Wildman–Crippen MR) is 76.2 cm³/mol. The van der Waals surface area contributed by atoms with Gasteiger partial charge in [-0.25, -0.2) is 4.98 Å². The van der Waals surface area contributed by atoms with E-state index in [0.29, 0.717) is 6.54 Å². The molecular weight excluding hydrogens is 256 g/mol. The second-order valence-electron chi connectivity index (χ2n) is 5.50. The fraction of sp³-hybridized carbons (Fsp3) is 0.714. The fourth-order valence-corrected chi connectivity index (χ4v) is 2.62. The van der Waals surface area contributed by atoms with E-state index in [2.05, 4.69) is 26.7 Å². The molecule has 1 aromatic heterocycles. The van der Waals surface area contributed by atoms with Gasteiger partial charge in [0.2, 0.25) is 0 Å². The van der Waals surface area contributed by atoms with Crippen LogP contribution in [0.2, 0.25) is 0 Å². The van der Waals surface area contributed by atoms with Crippen molar-refractivity contribution < 1.29 is 9.53 Å². The first kappa shape index (κ1) is 15.0. The number of rotatable bonds is 6. The molecule has 1 atom stereocenters. The number of nitrogens with zero attached hydrogens (tertiary/aromatic N) is 3. The summed E-state index contributed by atoms with van der Waals surface area (Å²) in [7, 11) is 1.44. The van der Waals surface area contributed by atoms with Crippen LogP contribution in [-0.4, -0.2) is 52.7 Å². The monoisotopic (exact) mass is 280 g/mol. The van der Waals surface area contributed by atoms with Gasteiger partial charge >= 0.3 is 5.97 Å². The van der Waals surface area contributed by atoms with Crippen LogP contribution in [0.25, 0.3) is 0 Å². The minimum absolute atomic E-state index is 0.208. The molecule has 2 rings (SSSR count). The summed E-state index contributed by atoms with van der Waals surface area (Å²) >= 11 is 0. The van der Waals surface area contributed by atoms with Gasteiger partial charge in [-0.15, -0.1) is 0 Å². The quantitative estimate of drug-likeness (QED) is 0.775. The van der Waals surface area contributed by atoms with Crippen molar-refractivity contribution in [3.63, 3.8) is 0 Å². The molecule has 1 N–H and O–H groups in total. The Morgan fingerprint density at radius 2 is 2.35 bits per heavy atom. The third-order valence-corrected chi connectivity index (χ3v) is 3.76. The average molecular weight is 280 g/mol. The van der Waals surface area contributed by atoms with E-state index in [1.54, 1.807) is 0 Å². The standard InChI is InChI=1S/C14H24N4O2/c1-4-5-16-14(2,13(19)20-3)11-17-8-9-18-7-6-15-12(18)10-17/h6-7,16H,4-5,8-11H2,1-3H3. The summed E-state index contributed by atoms with van der Waals surface area (Å²) in [6.45, 7) is 8.04. The van der Waals surface area contributed by atoms with Gasteiger partial charge in [0.25, 0.3) is 0 Å². The summed E-state index contributed by atoms with van der Waals surface area (Å²) < 4.78 is 7.12. The van der Waals surface area contributed by atoms with Gasteiger partial charge in [0.15, 0.2) is 0 Å². The highest BCUT2D eigenvalue weighted by atomic mass is 16.5. The molecule has 20 heavy (non-hydrogen) atoms. The van der Waals surface area contributed by atoms with Gasteiger partial charge in [-0.3, -0.25) is 9.69 Å². The molecule has 0 saturated carbocycles. The van der Waals surface area contributed by atoms with Crippen LogP contribution >= 0.6 is 0 Å². The molecule has 0 aliphatic carbocycles. The maximum absolute atomic E-state index is 12.1.